The number of methoxy groups -OCH3 is 1. The molecule has 1 atom stereocenters. The van der Waals surface area contributed by atoms with Crippen LogP contribution in [0.3, 0.4) is 0 Å². The van der Waals surface area contributed by atoms with Crippen molar-refractivity contribution >= 4 is 29.4 Å². The molecule has 8 nitrogen and oxygen atoms in total. The van der Waals surface area contributed by atoms with Crippen molar-refractivity contribution in [3.05, 3.63) is 65.7 Å². The largest absolute Gasteiger partial charge is 0.467 e. The summed E-state index contributed by atoms with van der Waals surface area (Å²) in [6.45, 7) is 0.828. The molecule has 2 N–H and O–H groups in total. The van der Waals surface area contributed by atoms with Gasteiger partial charge in [-0.3, -0.25) is 9.59 Å². The lowest BCUT2D eigenvalue weighted by Crippen LogP contribution is -2.44. The first-order valence-corrected chi connectivity index (χ1v) is 8.85. The minimum Gasteiger partial charge on any atom is -0.467 e. The average molecular weight is 398 g/mol. The summed E-state index contributed by atoms with van der Waals surface area (Å²) in [6, 6.07) is 14.3. The maximum Gasteiger partial charge on any atom is 0.338 e. The quantitative estimate of drug-likeness (QED) is 0.655. The van der Waals surface area contributed by atoms with Crippen LogP contribution in [0.5, 0.6) is 0 Å². The minimum absolute atomic E-state index is 0.223. The van der Waals surface area contributed by atoms with Crippen molar-refractivity contribution in [2.75, 3.05) is 19.0 Å². The molecule has 0 aliphatic rings. The summed E-state index contributed by atoms with van der Waals surface area (Å²) in [4.78, 5) is 47.1. The van der Waals surface area contributed by atoms with E-state index in [0.717, 1.165) is 5.56 Å². The Morgan fingerprint density at radius 1 is 0.966 bits per heavy atom. The lowest BCUT2D eigenvalue weighted by atomic mass is 10.1. The Balaban J connectivity index is 1.89. The number of nitrogens with one attached hydrogen (secondary N) is 2. The number of esters is 2. The van der Waals surface area contributed by atoms with Crippen LogP contribution in [0.15, 0.2) is 54.6 Å². The normalized spacial score (nSPS) is 11.1. The van der Waals surface area contributed by atoms with E-state index in [0.29, 0.717) is 5.69 Å². The first kappa shape index (κ1) is 21.6. The van der Waals surface area contributed by atoms with Crippen molar-refractivity contribution < 1.29 is 28.7 Å². The van der Waals surface area contributed by atoms with Crippen molar-refractivity contribution in [2.45, 2.75) is 19.4 Å². The molecule has 0 saturated carbocycles. The van der Waals surface area contributed by atoms with Gasteiger partial charge in [0.2, 0.25) is 5.91 Å². The highest BCUT2D eigenvalue weighted by Gasteiger charge is 2.22. The van der Waals surface area contributed by atoms with E-state index in [-0.39, 0.29) is 17.9 Å². The van der Waals surface area contributed by atoms with Gasteiger partial charge in [-0.25, -0.2) is 9.59 Å². The number of carbonyl (C=O) groups is 4. The zero-order valence-corrected chi connectivity index (χ0v) is 16.1. The summed E-state index contributed by atoms with van der Waals surface area (Å²) >= 11 is 0. The summed E-state index contributed by atoms with van der Waals surface area (Å²) in [5.41, 5.74) is 1.61. The van der Waals surface area contributed by atoms with Crippen LogP contribution >= 0.6 is 0 Å². The molecule has 0 saturated heterocycles. The monoisotopic (exact) mass is 398 g/mol. The smallest absolute Gasteiger partial charge is 0.338 e. The molecule has 0 heterocycles. The molecule has 29 heavy (non-hydrogen) atoms. The molecule has 0 aromatic heterocycles. The van der Waals surface area contributed by atoms with E-state index in [1.165, 1.54) is 26.2 Å². The summed E-state index contributed by atoms with van der Waals surface area (Å²) in [6.07, 6.45) is 0.248. The number of benzene rings is 2. The number of carbonyl (C=O) groups excluding carboxylic acids is 4. The van der Waals surface area contributed by atoms with Crippen molar-refractivity contribution in [1.82, 2.24) is 5.32 Å². The third-order valence-electron chi connectivity index (χ3n) is 3.88. The Kier molecular flexibility index (Phi) is 7.90. The van der Waals surface area contributed by atoms with Crippen LogP contribution in [0.2, 0.25) is 0 Å². The van der Waals surface area contributed by atoms with Crippen LogP contribution in [0.1, 0.15) is 22.8 Å². The van der Waals surface area contributed by atoms with Gasteiger partial charge in [-0.15, -0.1) is 0 Å². The van der Waals surface area contributed by atoms with Gasteiger partial charge >= 0.3 is 11.9 Å². The van der Waals surface area contributed by atoms with Crippen LogP contribution in [-0.2, 0) is 30.3 Å². The van der Waals surface area contributed by atoms with Gasteiger partial charge in [-0.1, -0.05) is 30.3 Å². The Morgan fingerprint density at radius 2 is 1.62 bits per heavy atom. The van der Waals surface area contributed by atoms with Crippen molar-refractivity contribution in [3.8, 4) is 0 Å². The number of amides is 2. The Hall–Kier alpha value is -3.68. The number of hydrogen-bond donors (Lipinski definition) is 2. The molecule has 0 radical (unpaired) electrons. The fourth-order valence-corrected chi connectivity index (χ4v) is 2.53. The molecule has 8 heteroatoms. The van der Waals surface area contributed by atoms with Crippen molar-refractivity contribution in [2.24, 2.45) is 0 Å². The van der Waals surface area contributed by atoms with E-state index in [9.17, 15) is 19.2 Å². The summed E-state index contributed by atoms with van der Waals surface area (Å²) in [5, 5.41) is 5.10. The van der Waals surface area contributed by atoms with E-state index >= 15 is 0 Å². The Bertz CT molecular complexity index is 864. The molecular formula is C21H22N2O6. The van der Waals surface area contributed by atoms with Gasteiger partial charge in [0.05, 0.1) is 12.7 Å². The maximum atomic E-state index is 12.1. The van der Waals surface area contributed by atoms with Gasteiger partial charge in [0.1, 0.15) is 6.04 Å². The third kappa shape index (κ3) is 7.10. The molecule has 2 amide bonds. The lowest BCUT2D eigenvalue weighted by Gasteiger charge is -2.16. The molecule has 0 bridgehead atoms. The van der Waals surface area contributed by atoms with Gasteiger partial charge in [0.25, 0.3) is 5.91 Å². The SMILES string of the molecule is COC(=O)[C@H](Cc1ccccc1)NC(=O)COC(=O)c1ccc(NC(C)=O)cc1. The second kappa shape index (κ2) is 10.6. The Morgan fingerprint density at radius 3 is 2.21 bits per heavy atom. The molecular weight excluding hydrogens is 376 g/mol. The topological polar surface area (TPSA) is 111 Å². The molecule has 0 unspecified atom stereocenters. The van der Waals surface area contributed by atoms with Gasteiger partial charge in [0.15, 0.2) is 6.61 Å². The molecule has 0 aliphatic carbocycles. The number of hydrogen-bond acceptors (Lipinski definition) is 6. The van der Waals surface area contributed by atoms with E-state index in [1.54, 1.807) is 12.1 Å². The fraction of sp³-hybridized carbons (Fsp3) is 0.238. The number of rotatable bonds is 8. The molecule has 2 aromatic rings. The van der Waals surface area contributed by atoms with Crippen LogP contribution in [0.25, 0.3) is 0 Å². The third-order valence-corrected chi connectivity index (χ3v) is 3.88. The van der Waals surface area contributed by atoms with Gasteiger partial charge < -0.3 is 20.1 Å². The molecule has 0 fully saturated rings. The van der Waals surface area contributed by atoms with Gasteiger partial charge in [-0.05, 0) is 29.8 Å². The fourth-order valence-electron chi connectivity index (χ4n) is 2.53. The van der Waals surface area contributed by atoms with E-state index in [4.69, 9.17) is 9.47 Å². The predicted octanol–water partition coefficient (Wildman–Crippen LogP) is 1.70. The number of ether oxygens (including phenoxy) is 2. The van der Waals surface area contributed by atoms with Crippen LogP contribution < -0.4 is 10.6 Å². The zero-order chi connectivity index (χ0) is 21.2. The van der Waals surface area contributed by atoms with Gasteiger partial charge in [0, 0.05) is 19.0 Å². The molecule has 0 aliphatic heterocycles. The predicted molar refractivity (Wildman–Crippen MR) is 105 cm³/mol. The maximum absolute atomic E-state index is 12.1. The van der Waals surface area contributed by atoms with E-state index < -0.39 is 30.5 Å². The highest BCUT2D eigenvalue weighted by Crippen LogP contribution is 2.10. The lowest BCUT2D eigenvalue weighted by molar-refractivity contribution is -0.145. The first-order valence-electron chi connectivity index (χ1n) is 8.85. The van der Waals surface area contributed by atoms with E-state index in [1.807, 2.05) is 30.3 Å². The van der Waals surface area contributed by atoms with Crippen molar-refractivity contribution in [1.29, 1.82) is 0 Å². The highest BCUT2D eigenvalue weighted by atomic mass is 16.5. The van der Waals surface area contributed by atoms with Gasteiger partial charge in [-0.2, -0.15) is 0 Å². The molecule has 0 spiro atoms. The first-order chi connectivity index (χ1) is 13.9. The minimum atomic E-state index is -0.898. The zero-order valence-electron chi connectivity index (χ0n) is 16.1. The highest BCUT2D eigenvalue weighted by molar-refractivity contribution is 5.93. The van der Waals surface area contributed by atoms with Crippen LogP contribution in [0, 0.1) is 0 Å². The van der Waals surface area contributed by atoms with Crippen molar-refractivity contribution in [3.63, 3.8) is 0 Å². The second-order valence-corrected chi connectivity index (χ2v) is 6.17. The second-order valence-electron chi connectivity index (χ2n) is 6.17. The summed E-state index contributed by atoms with van der Waals surface area (Å²) in [7, 11) is 1.23. The molecule has 2 aromatic carbocycles. The van der Waals surface area contributed by atoms with E-state index in [2.05, 4.69) is 10.6 Å². The standard InChI is InChI=1S/C21H22N2O6/c1-14(24)22-17-10-8-16(9-11-17)20(26)29-13-19(25)23-18(21(27)28-2)12-15-6-4-3-5-7-15/h3-11,18H,12-13H2,1-2H3,(H,22,24)(H,23,25)/t18-/m0/s1. The molecule has 2 rings (SSSR count). The number of anilines is 1. The average Bonchev–Trinajstić information content (AvgIpc) is 2.71. The molecule has 152 valence electrons. The summed E-state index contributed by atoms with van der Waals surface area (Å²) in [5.74, 6) is -2.15. The van der Waals surface area contributed by atoms with Crippen LogP contribution in [-0.4, -0.2) is 43.5 Å². The van der Waals surface area contributed by atoms with Crippen LogP contribution in [0.4, 0.5) is 5.69 Å². The summed E-state index contributed by atoms with van der Waals surface area (Å²) < 4.78 is 9.71. The Labute approximate surface area is 168 Å².